The van der Waals surface area contributed by atoms with E-state index in [2.05, 4.69) is 26.2 Å². The van der Waals surface area contributed by atoms with Gasteiger partial charge in [0.05, 0.1) is 28.7 Å². The van der Waals surface area contributed by atoms with Gasteiger partial charge in [0.2, 0.25) is 0 Å². The van der Waals surface area contributed by atoms with Crippen LogP contribution in [0.5, 0.6) is 5.75 Å². The second-order valence-electron chi connectivity index (χ2n) is 6.09. The fraction of sp³-hybridized carbons (Fsp3) is 0.200. The molecule has 0 aliphatic rings. The third kappa shape index (κ3) is 3.76. The van der Waals surface area contributed by atoms with E-state index in [1.165, 1.54) is 25.3 Å². The van der Waals surface area contributed by atoms with E-state index in [-0.39, 0.29) is 11.3 Å². The highest BCUT2D eigenvalue weighted by atomic mass is 79.9. The number of pyridine rings is 1. The normalized spacial score (nSPS) is 12.1. The molecule has 0 aliphatic heterocycles. The highest BCUT2D eigenvalue weighted by molar-refractivity contribution is 9.10. The maximum absolute atomic E-state index is 14.5. The van der Waals surface area contributed by atoms with Crippen molar-refractivity contribution in [2.24, 2.45) is 0 Å². The van der Waals surface area contributed by atoms with Crippen molar-refractivity contribution in [1.82, 2.24) is 4.98 Å². The number of fused-ring (bicyclic) bond motifs is 1. The molecule has 144 valence electrons. The summed E-state index contributed by atoms with van der Waals surface area (Å²) in [5, 5.41) is 13.1. The van der Waals surface area contributed by atoms with Crippen molar-refractivity contribution in [3.05, 3.63) is 63.5 Å². The highest BCUT2D eigenvalue weighted by Crippen LogP contribution is 2.35. The Hall–Kier alpha value is -2.79. The second kappa shape index (κ2) is 8.07. The molecule has 1 unspecified atom stereocenters. The number of anilines is 1. The predicted octanol–water partition coefficient (Wildman–Crippen LogP) is 6.13. The van der Waals surface area contributed by atoms with E-state index in [4.69, 9.17) is 4.74 Å². The van der Waals surface area contributed by atoms with Crippen molar-refractivity contribution in [2.75, 3.05) is 12.4 Å². The Labute approximate surface area is 168 Å². The number of nitrogens with zero attached hydrogens (tertiary/aromatic N) is 2. The topological polar surface area (TPSA) is 57.9 Å². The lowest BCUT2D eigenvalue weighted by atomic mass is 10.0. The summed E-state index contributed by atoms with van der Waals surface area (Å²) in [4.78, 5) is 4.26. The van der Waals surface area contributed by atoms with Gasteiger partial charge in [-0.25, -0.2) is 18.2 Å². The zero-order valence-corrected chi connectivity index (χ0v) is 16.5. The maximum atomic E-state index is 14.5. The minimum atomic E-state index is -2.90. The first-order valence-corrected chi connectivity index (χ1v) is 9.06. The molecular formula is C20H15BrF3N3O. The minimum Gasteiger partial charge on any atom is -0.495 e. The Kier molecular flexibility index (Phi) is 5.75. The Morgan fingerprint density at radius 2 is 1.93 bits per heavy atom. The fourth-order valence-electron chi connectivity index (χ4n) is 2.94. The lowest BCUT2D eigenvalue weighted by Gasteiger charge is -2.19. The molecule has 1 aromatic heterocycles. The van der Waals surface area contributed by atoms with Crippen LogP contribution in [0.25, 0.3) is 10.9 Å². The molecule has 3 aromatic rings. The maximum Gasteiger partial charge on any atom is 0.266 e. The summed E-state index contributed by atoms with van der Waals surface area (Å²) in [5.74, 6) is -0.399. The molecular weight excluding hydrogens is 435 g/mol. The van der Waals surface area contributed by atoms with Gasteiger partial charge in [0.25, 0.3) is 6.43 Å². The molecule has 0 fully saturated rings. The molecule has 0 bridgehead atoms. The van der Waals surface area contributed by atoms with Crippen molar-refractivity contribution in [1.29, 1.82) is 5.26 Å². The Bertz CT molecular complexity index is 1080. The summed E-state index contributed by atoms with van der Waals surface area (Å²) < 4.78 is 46.4. The van der Waals surface area contributed by atoms with Gasteiger partial charge >= 0.3 is 0 Å². The Morgan fingerprint density at radius 1 is 1.21 bits per heavy atom. The molecule has 0 spiro atoms. The largest absolute Gasteiger partial charge is 0.495 e. The third-order valence-corrected chi connectivity index (χ3v) is 4.95. The molecule has 0 saturated carbocycles. The zero-order chi connectivity index (χ0) is 20.4. The second-order valence-corrected chi connectivity index (χ2v) is 6.94. The first-order valence-electron chi connectivity index (χ1n) is 8.27. The number of methoxy groups -OCH3 is 1. The van der Waals surface area contributed by atoms with Crippen LogP contribution in [0.1, 0.15) is 36.2 Å². The molecule has 0 saturated heterocycles. The number of alkyl halides is 2. The van der Waals surface area contributed by atoms with E-state index >= 15 is 0 Å². The molecule has 4 nitrogen and oxygen atoms in total. The lowest BCUT2D eigenvalue weighted by Crippen LogP contribution is -2.11. The van der Waals surface area contributed by atoms with E-state index < -0.39 is 23.8 Å². The minimum absolute atomic E-state index is 0.105. The Balaban J connectivity index is 2.08. The predicted molar refractivity (Wildman–Crippen MR) is 104 cm³/mol. The van der Waals surface area contributed by atoms with Crippen LogP contribution in [0.3, 0.4) is 0 Å². The molecule has 1 N–H and O–H groups in total. The van der Waals surface area contributed by atoms with Crippen LogP contribution in [0.4, 0.5) is 18.9 Å². The van der Waals surface area contributed by atoms with Crippen molar-refractivity contribution in [3.63, 3.8) is 0 Å². The van der Waals surface area contributed by atoms with Gasteiger partial charge < -0.3 is 10.1 Å². The van der Waals surface area contributed by atoms with Gasteiger partial charge in [-0.2, -0.15) is 5.26 Å². The number of hydrogen-bond donors (Lipinski definition) is 1. The van der Waals surface area contributed by atoms with Gasteiger partial charge in [0, 0.05) is 22.7 Å². The lowest BCUT2D eigenvalue weighted by molar-refractivity contribution is 0.146. The molecule has 1 atom stereocenters. The van der Waals surface area contributed by atoms with E-state index in [9.17, 15) is 18.4 Å². The van der Waals surface area contributed by atoms with Crippen molar-refractivity contribution < 1.29 is 17.9 Å². The van der Waals surface area contributed by atoms with Gasteiger partial charge in [0.15, 0.2) is 0 Å². The number of rotatable bonds is 5. The van der Waals surface area contributed by atoms with E-state index in [0.29, 0.717) is 26.8 Å². The number of halogens is 4. The molecule has 0 amide bonds. The molecule has 8 heteroatoms. The summed E-state index contributed by atoms with van der Waals surface area (Å²) in [5.41, 5.74) is 0.660. The standard InChI is InChI=1S/C20H15BrF3N3O/c1-10(12-4-3-5-13(19(12)22)20(23)24)26-16-6-11(9-25)27-17-8-18(28-2)15(21)7-14(16)17/h3-8,10,20H,1-2H3,(H,26,27). The van der Waals surface area contributed by atoms with Gasteiger partial charge in [-0.1, -0.05) is 18.2 Å². The average Bonchev–Trinajstić information content (AvgIpc) is 2.67. The summed E-state index contributed by atoms with van der Waals surface area (Å²) in [7, 11) is 1.51. The van der Waals surface area contributed by atoms with Crippen molar-refractivity contribution in [2.45, 2.75) is 19.4 Å². The fourth-order valence-corrected chi connectivity index (χ4v) is 3.45. The van der Waals surface area contributed by atoms with Crippen LogP contribution in [0.15, 0.2) is 40.9 Å². The smallest absolute Gasteiger partial charge is 0.266 e. The van der Waals surface area contributed by atoms with Crippen LogP contribution in [0, 0.1) is 17.1 Å². The Morgan fingerprint density at radius 3 is 2.57 bits per heavy atom. The molecule has 0 radical (unpaired) electrons. The summed E-state index contributed by atoms with van der Waals surface area (Å²) in [6.45, 7) is 1.66. The van der Waals surface area contributed by atoms with Crippen molar-refractivity contribution in [3.8, 4) is 11.8 Å². The summed E-state index contributed by atoms with van der Waals surface area (Å²) >= 11 is 3.41. The zero-order valence-electron chi connectivity index (χ0n) is 14.9. The third-order valence-electron chi connectivity index (χ3n) is 4.33. The quantitative estimate of drug-likeness (QED) is 0.509. The van der Waals surface area contributed by atoms with Crippen LogP contribution < -0.4 is 10.1 Å². The number of ether oxygens (including phenoxy) is 1. The van der Waals surface area contributed by atoms with Crippen LogP contribution >= 0.6 is 15.9 Å². The first kappa shape index (κ1) is 20.0. The average molecular weight is 450 g/mol. The number of nitrogens with one attached hydrogen (secondary N) is 1. The molecule has 3 rings (SSSR count). The number of aromatic nitrogens is 1. The van der Waals surface area contributed by atoms with Crippen LogP contribution in [-0.2, 0) is 0 Å². The molecule has 1 heterocycles. The van der Waals surface area contributed by atoms with Crippen molar-refractivity contribution >= 4 is 32.5 Å². The van der Waals surface area contributed by atoms with Gasteiger partial charge in [-0.3, -0.25) is 0 Å². The van der Waals surface area contributed by atoms with Crippen LogP contribution in [-0.4, -0.2) is 12.1 Å². The SMILES string of the molecule is COc1cc2nc(C#N)cc(NC(C)c3cccc(C(F)F)c3F)c2cc1Br. The van der Waals surface area contributed by atoms with Gasteiger partial charge in [-0.15, -0.1) is 0 Å². The highest BCUT2D eigenvalue weighted by Gasteiger charge is 2.20. The summed E-state index contributed by atoms with van der Waals surface area (Å²) in [6, 6.07) is 10.2. The monoisotopic (exact) mass is 449 g/mol. The van der Waals surface area contributed by atoms with Crippen LogP contribution in [0.2, 0.25) is 0 Å². The van der Waals surface area contributed by atoms with E-state index in [1.807, 2.05) is 6.07 Å². The molecule has 28 heavy (non-hydrogen) atoms. The van der Waals surface area contributed by atoms with Gasteiger partial charge in [0.1, 0.15) is 23.3 Å². The van der Waals surface area contributed by atoms with E-state index in [1.54, 1.807) is 19.1 Å². The number of nitriles is 1. The number of benzene rings is 2. The van der Waals surface area contributed by atoms with E-state index in [0.717, 1.165) is 6.07 Å². The number of hydrogen-bond acceptors (Lipinski definition) is 4. The van der Waals surface area contributed by atoms with Gasteiger partial charge in [-0.05, 0) is 35.0 Å². The first-order chi connectivity index (χ1) is 13.3. The summed E-state index contributed by atoms with van der Waals surface area (Å²) in [6.07, 6.45) is -2.90. The molecule has 2 aromatic carbocycles. The molecule has 0 aliphatic carbocycles.